The Morgan fingerprint density at radius 2 is 1.29 bits per heavy atom. The third kappa shape index (κ3) is 15.9. The van der Waals surface area contributed by atoms with Gasteiger partial charge in [-0.25, -0.2) is 4.79 Å². The number of aliphatic hydroxyl groups is 1. The maximum Gasteiger partial charge on any atom is 0.343 e. The first kappa shape index (κ1) is 26.8. The van der Waals surface area contributed by atoms with Gasteiger partial charge in [-0.1, -0.05) is 91.2 Å². The number of carbonyl (C=O) groups excluding carboxylic acids is 2. The third-order valence-electron chi connectivity index (χ3n) is 4.90. The Morgan fingerprint density at radius 1 is 0.821 bits per heavy atom. The smallest absolute Gasteiger partial charge is 0.343 e. The summed E-state index contributed by atoms with van der Waals surface area (Å²) >= 11 is 0. The molecule has 4 heteroatoms. The zero-order valence-electron chi connectivity index (χ0n) is 18.8. The van der Waals surface area contributed by atoms with E-state index in [9.17, 15) is 14.7 Å². The second-order valence-electron chi connectivity index (χ2n) is 8.90. The lowest BCUT2D eigenvalue weighted by Crippen LogP contribution is -2.36. The van der Waals surface area contributed by atoms with Crippen molar-refractivity contribution in [3.63, 3.8) is 0 Å². The number of rotatable bonds is 16. The topological polar surface area (TPSA) is 63.6 Å². The molecule has 0 amide bonds. The van der Waals surface area contributed by atoms with Crippen molar-refractivity contribution in [2.45, 2.75) is 124 Å². The second-order valence-corrected chi connectivity index (χ2v) is 8.90. The summed E-state index contributed by atoms with van der Waals surface area (Å²) in [5.41, 5.74) is -0.625. The number of aliphatic hydroxyl groups excluding tert-OH is 1. The monoisotopic (exact) mass is 396 g/mol. The Morgan fingerprint density at radius 3 is 1.79 bits per heavy atom. The van der Waals surface area contributed by atoms with Crippen molar-refractivity contribution in [1.82, 2.24) is 0 Å². The molecule has 0 heterocycles. The highest BCUT2D eigenvalue weighted by Crippen LogP contribution is 2.20. The standard InChI is InChI=1S/C24H44O4/c1-5-6-7-8-9-10-11-12-13-14-15-16-17-18-19-20-21(25)28-23(27)22(26)24(2,3)4/h12-13,22,26H,5-11,14-20H2,1-4H3. The molecule has 1 unspecified atom stereocenters. The minimum Gasteiger partial charge on any atom is -0.391 e. The molecule has 0 aromatic heterocycles. The molecule has 0 saturated carbocycles. The normalized spacial score (nSPS) is 13.0. The third-order valence-corrected chi connectivity index (χ3v) is 4.90. The van der Waals surface area contributed by atoms with E-state index in [4.69, 9.17) is 4.74 Å². The summed E-state index contributed by atoms with van der Waals surface area (Å²) in [5, 5.41) is 9.77. The fraction of sp³-hybridized carbons (Fsp3) is 0.833. The summed E-state index contributed by atoms with van der Waals surface area (Å²) in [6, 6.07) is 0. The van der Waals surface area contributed by atoms with E-state index >= 15 is 0 Å². The first-order chi connectivity index (χ1) is 13.3. The van der Waals surface area contributed by atoms with Crippen LogP contribution < -0.4 is 0 Å². The predicted octanol–water partition coefficient (Wildman–Crippen LogP) is 6.50. The average molecular weight is 397 g/mol. The lowest BCUT2D eigenvalue weighted by atomic mass is 9.89. The van der Waals surface area contributed by atoms with Gasteiger partial charge in [-0.2, -0.15) is 0 Å². The number of esters is 2. The minimum atomic E-state index is -1.27. The molecule has 0 rings (SSSR count). The van der Waals surface area contributed by atoms with Crippen molar-refractivity contribution in [2.75, 3.05) is 0 Å². The highest BCUT2D eigenvalue weighted by atomic mass is 16.6. The van der Waals surface area contributed by atoms with Crippen molar-refractivity contribution in [1.29, 1.82) is 0 Å². The first-order valence-corrected chi connectivity index (χ1v) is 11.4. The minimum absolute atomic E-state index is 0.237. The van der Waals surface area contributed by atoms with E-state index in [1.165, 1.54) is 51.4 Å². The Balaban J connectivity index is 3.49. The van der Waals surface area contributed by atoms with Gasteiger partial charge >= 0.3 is 11.9 Å². The van der Waals surface area contributed by atoms with E-state index in [2.05, 4.69) is 19.1 Å². The van der Waals surface area contributed by atoms with E-state index in [0.717, 1.165) is 32.1 Å². The van der Waals surface area contributed by atoms with Crippen LogP contribution in [0, 0.1) is 5.41 Å². The van der Waals surface area contributed by atoms with Crippen LogP contribution in [0.25, 0.3) is 0 Å². The molecule has 164 valence electrons. The molecule has 0 aliphatic rings. The molecule has 0 saturated heterocycles. The Kier molecular flexibility index (Phi) is 16.1. The van der Waals surface area contributed by atoms with Crippen LogP contribution in [0.1, 0.15) is 118 Å². The summed E-state index contributed by atoms with van der Waals surface area (Å²) in [6.45, 7) is 7.44. The zero-order valence-corrected chi connectivity index (χ0v) is 18.8. The molecule has 0 spiro atoms. The lowest BCUT2D eigenvalue weighted by molar-refractivity contribution is -0.169. The van der Waals surface area contributed by atoms with Crippen LogP contribution in [0.2, 0.25) is 0 Å². The summed E-state index contributed by atoms with van der Waals surface area (Å²) in [4.78, 5) is 23.3. The molecule has 0 aliphatic heterocycles. The van der Waals surface area contributed by atoms with Crippen molar-refractivity contribution in [2.24, 2.45) is 5.41 Å². The van der Waals surface area contributed by atoms with Crippen molar-refractivity contribution in [3.8, 4) is 0 Å². The molecule has 0 aromatic rings. The van der Waals surface area contributed by atoms with Gasteiger partial charge in [0.2, 0.25) is 0 Å². The maximum absolute atomic E-state index is 11.7. The number of carbonyl (C=O) groups is 2. The predicted molar refractivity (Wildman–Crippen MR) is 116 cm³/mol. The number of allylic oxidation sites excluding steroid dienone is 2. The molecule has 1 atom stereocenters. The van der Waals surface area contributed by atoms with Crippen LogP contribution in [0.5, 0.6) is 0 Å². The van der Waals surface area contributed by atoms with E-state index in [1.807, 2.05) is 0 Å². The molecule has 0 radical (unpaired) electrons. The van der Waals surface area contributed by atoms with E-state index < -0.39 is 23.5 Å². The molecule has 0 fully saturated rings. The Labute approximate surface area is 173 Å². The van der Waals surface area contributed by atoms with Crippen LogP contribution in [-0.2, 0) is 14.3 Å². The van der Waals surface area contributed by atoms with Gasteiger partial charge in [-0.3, -0.25) is 4.79 Å². The summed E-state index contributed by atoms with van der Waals surface area (Å²) in [6.07, 6.45) is 19.2. The molecule has 28 heavy (non-hydrogen) atoms. The summed E-state index contributed by atoms with van der Waals surface area (Å²) in [5.74, 6) is -1.38. The van der Waals surface area contributed by atoms with E-state index in [0.29, 0.717) is 0 Å². The quantitative estimate of drug-likeness (QED) is 0.140. The fourth-order valence-electron chi connectivity index (χ4n) is 2.91. The van der Waals surface area contributed by atoms with Gasteiger partial charge in [0.15, 0.2) is 6.10 Å². The van der Waals surface area contributed by atoms with Gasteiger partial charge in [-0.05, 0) is 37.5 Å². The van der Waals surface area contributed by atoms with Gasteiger partial charge in [0, 0.05) is 6.42 Å². The van der Waals surface area contributed by atoms with Gasteiger partial charge in [0.25, 0.3) is 0 Å². The van der Waals surface area contributed by atoms with Crippen LogP contribution in [-0.4, -0.2) is 23.1 Å². The number of unbranched alkanes of at least 4 members (excludes halogenated alkanes) is 11. The number of hydrogen-bond donors (Lipinski definition) is 1. The van der Waals surface area contributed by atoms with Crippen LogP contribution >= 0.6 is 0 Å². The molecule has 4 nitrogen and oxygen atoms in total. The van der Waals surface area contributed by atoms with Gasteiger partial charge in [0.05, 0.1) is 0 Å². The molecule has 1 N–H and O–H groups in total. The van der Waals surface area contributed by atoms with Crippen LogP contribution in [0.3, 0.4) is 0 Å². The SMILES string of the molecule is CCCCCCCCC=CCCCCCCCC(=O)OC(=O)C(O)C(C)(C)C. The zero-order chi connectivity index (χ0) is 21.3. The maximum atomic E-state index is 11.7. The number of hydrogen-bond acceptors (Lipinski definition) is 4. The summed E-state index contributed by atoms with van der Waals surface area (Å²) < 4.78 is 4.72. The molecule has 0 aromatic carbocycles. The van der Waals surface area contributed by atoms with Gasteiger partial charge in [0.1, 0.15) is 0 Å². The van der Waals surface area contributed by atoms with Gasteiger partial charge < -0.3 is 9.84 Å². The fourth-order valence-corrected chi connectivity index (χ4v) is 2.91. The molecule has 0 aliphatic carbocycles. The highest BCUT2D eigenvalue weighted by Gasteiger charge is 2.31. The lowest BCUT2D eigenvalue weighted by Gasteiger charge is -2.23. The van der Waals surface area contributed by atoms with Crippen molar-refractivity contribution in [3.05, 3.63) is 12.2 Å². The van der Waals surface area contributed by atoms with Gasteiger partial charge in [-0.15, -0.1) is 0 Å². The Hall–Kier alpha value is -1.16. The van der Waals surface area contributed by atoms with Crippen molar-refractivity contribution < 1.29 is 19.4 Å². The molecular weight excluding hydrogens is 352 g/mol. The average Bonchev–Trinajstić information content (AvgIpc) is 2.63. The molecular formula is C24H44O4. The Bertz CT molecular complexity index is 434. The largest absolute Gasteiger partial charge is 0.391 e. The van der Waals surface area contributed by atoms with E-state index in [1.54, 1.807) is 20.8 Å². The second kappa shape index (κ2) is 16.8. The van der Waals surface area contributed by atoms with Crippen LogP contribution in [0.4, 0.5) is 0 Å². The first-order valence-electron chi connectivity index (χ1n) is 11.4. The van der Waals surface area contributed by atoms with Crippen LogP contribution in [0.15, 0.2) is 12.2 Å². The number of ether oxygens (including phenoxy) is 1. The highest BCUT2D eigenvalue weighted by molar-refractivity contribution is 5.88. The van der Waals surface area contributed by atoms with E-state index in [-0.39, 0.29) is 6.42 Å². The van der Waals surface area contributed by atoms with Crippen molar-refractivity contribution >= 4 is 11.9 Å². The summed E-state index contributed by atoms with van der Waals surface area (Å²) in [7, 11) is 0. The molecule has 0 bridgehead atoms.